The molecule has 0 saturated carbocycles. The summed E-state index contributed by atoms with van der Waals surface area (Å²) in [5.74, 6) is 0.754. The predicted molar refractivity (Wildman–Crippen MR) is 96.6 cm³/mol. The van der Waals surface area contributed by atoms with Crippen LogP contribution in [0.25, 0.3) is 6.08 Å². The van der Waals surface area contributed by atoms with Crippen LogP contribution in [-0.2, 0) is 4.74 Å². The van der Waals surface area contributed by atoms with E-state index in [9.17, 15) is 0 Å². The van der Waals surface area contributed by atoms with E-state index in [1.165, 1.54) is 17.5 Å². The molecule has 126 valence electrons. The van der Waals surface area contributed by atoms with Crippen molar-refractivity contribution >= 4 is 6.08 Å². The summed E-state index contributed by atoms with van der Waals surface area (Å²) in [7, 11) is 0. The van der Waals surface area contributed by atoms with E-state index in [0.717, 1.165) is 32.2 Å². The van der Waals surface area contributed by atoms with Gasteiger partial charge in [-0.25, -0.2) is 0 Å². The minimum atomic E-state index is 0.476. The summed E-state index contributed by atoms with van der Waals surface area (Å²) in [5, 5.41) is 3.71. The van der Waals surface area contributed by atoms with Gasteiger partial charge in [0, 0.05) is 31.2 Å². The molecule has 3 heteroatoms. The molecule has 0 amide bonds. The Morgan fingerprint density at radius 1 is 1.22 bits per heavy atom. The van der Waals surface area contributed by atoms with Crippen molar-refractivity contribution in [2.75, 3.05) is 26.3 Å². The molecule has 23 heavy (non-hydrogen) atoms. The highest BCUT2D eigenvalue weighted by Gasteiger charge is 2.43. The van der Waals surface area contributed by atoms with E-state index in [1.807, 2.05) is 0 Å². The van der Waals surface area contributed by atoms with Gasteiger partial charge >= 0.3 is 0 Å². The van der Waals surface area contributed by atoms with Gasteiger partial charge in [0.25, 0.3) is 0 Å². The minimum Gasteiger partial charge on any atom is -0.379 e. The van der Waals surface area contributed by atoms with Gasteiger partial charge in [-0.1, -0.05) is 55.8 Å². The lowest BCUT2D eigenvalue weighted by Crippen LogP contribution is -2.46. The lowest BCUT2D eigenvalue weighted by atomic mass is 10.0. The zero-order chi connectivity index (χ0) is 16.2. The zero-order valence-corrected chi connectivity index (χ0v) is 14.7. The lowest BCUT2D eigenvalue weighted by molar-refractivity contribution is 0.0251. The minimum absolute atomic E-state index is 0.476. The van der Waals surface area contributed by atoms with E-state index < -0.39 is 0 Å². The third kappa shape index (κ3) is 4.66. The third-order valence-corrected chi connectivity index (χ3v) is 4.85. The van der Waals surface area contributed by atoms with E-state index in [-0.39, 0.29) is 0 Å². The van der Waals surface area contributed by atoms with Crippen LogP contribution >= 0.6 is 0 Å². The molecular formula is C20H30N2O. The molecule has 1 N–H and O–H groups in total. The van der Waals surface area contributed by atoms with Gasteiger partial charge in [-0.3, -0.25) is 4.90 Å². The maximum Gasteiger partial charge on any atom is 0.0594 e. The third-order valence-electron chi connectivity index (χ3n) is 4.85. The lowest BCUT2D eigenvalue weighted by Gasteiger charge is -2.32. The molecule has 3 atom stereocenters. The van der Waals surface area contributed by atoms with Crippen LogP contribution in [0.1, 0.15) is 31.4 Å². The molecule has 0 bridgehead atoms. The largest absolute Gasteiger partial charge is 0.379 e. The van der Waals surface area contributed by atoms with Crippen LogP contribution in [0, 0.1) is 12.8 Å². The first-order valence-corrected chi connectivity index (χ1v) is 8.96. The Balaban J connectivity index is 1.68. The number of benzene rings is 1. The maximum absolute atomic E-state index is 5.53. The molecule has 3 nitrogen and oxygen atoms in total. The molecule has 0 spiro atoms. The number of hydrogen-bond donors (Lipinski definition) is 1. The van der Waals surface area contributed by atoms with Gasteiger partial charge < -0.3 is 10.1 Å². The van der Waals surface area contributed by atoms with E-state index >= 15 is 0 Å². The second kappa shape index (κ2) is 7.61. The molecule has 1 aromatic carbocycles. The van der Waals surface area contributed by atoms with Crippen molar-refractivity contribution in [2.24, 2.45) is 5.92 Å². The first kappa shape index (κ1) is 16.7. The molecule has 2 fully saturated rings. The van der Waals surface area contributed by atoms with Crippen molar-refractivity contribution in [1.82, 2.24) is 10.2 Å². The van der Waals surface area contributed by atoms with Gasteiger partial charge in [0.2, 0.25) is 0 Å². The van der Waals surface area contributed by atoms with Crippen molar-refractivity contribution in [1.29, 1.82) is 0 Å². The summed E-state index contributed by atoms with van der Waals surface area (Å²) in [6, 6.07) is 10.5. The molecule has 3 unspecified atom stereocenters. The standard InChI is InChI=1S/C20H30N2O/c1-15(2)14-18-20(21-18)19(22-10-12-23-13-11-22)9-8-17-6-4-16(3)5-7-17/h4-9,15,18-21H,10-14H2,1-3H3/b9-8+. The Labute approximate surface area is 140 Å². The molecule has 2 heterocycles. The first-order chi connectivity index (χ1) is 11.1. The molecule has 0 aromatic heterocycles. The quantitative estimate of drug-likeness (QED) is 0.819. The van der Waals surface area contributed by atoms with Gasteiger partial charge in [-0.05, 0) is 24.8 Å². The van der Waals surface area contributed by atoms with E-state index in [1.54, 1.807) is 0 Å². The topological polar surface area (TPSA) is 34.4 Å². The highest BCUT2D eigenvalue weighted by molar-refractivity contribution is 5.51. The fraction of sp³-hybridized carbons (Fsp3) is 0.600. The fourth-order valence-electron chi connectivity index (χ4n) is 3.48. The van der Waals surface area contributed by atoms with Gasteiger partial charge in [0.05, 0.1) is 13.2 Å². The summed E-state index contributed by atoms with van der Waals surface area (Å²) in [6.07, 6.45) is 5.95. The number of rotatable bonds is 6. The highest BCUT2D eigenvalue weighted by Crippen LogP contribution is 2.27. The van der Waals surface area contributed by atoms with E-state index in [4.69, 9.17) is 4.74 Å². The number of ether oxygens (including phenoxy) is 1. The molecule has 0 radical (unpaired) electrons. The van der Waals surface area contributed by atoms with Crippen molar-refractivity contribution in [3.05, 3.63) is 41.5 Å². The second-order valence-electron chi connectivity index (χ2n) is 7.34. The van der Waals surface area contributed by atoms with Crippen LogP contribution in [0.15, 0.2) is 30.3 Å². The number of nitrogens with one attached hydrogen (secondary N) is 1. The predicted octanol–water partition coefficient (Wildman–Crippen LogP) is 3.10. The number of aryl methyl sites for hydroxylation is 1. The van der Waals surface area contributed by atoms with Crippen LogP contribution in [0.5, 0.6) is 0 Å². The first-order valence-electron chi connectivity index (χ1n) is 8.96. The van der Waals surface area contributed by atoms with Crippen molar-refractivity contribution < 1.29 is 4.74 Å². The highest BCUT2D eigenvalue weighted by atomic mass is 16.5. The van der Waals surface area contributed by atoms with Crippen molar-refractivity contribution in [3.63, 3.8) is 0 Å². The zero-order valence-electron chi connectivity index (χ0n) is 14.7. The Morgan fingerprint density at radius 3 is 2.57 bits per heavy atom. The summed E-state index contributed by atoms with van der Waals surface area (Å²) >= 11 is 0. The van der Waals surface area contributed by atoms with E-state index in [2.05, 4.69) is 67.4 Å². The molecule has 2 aliphatic rings. The average molecular weight is 314 g/mol. The van der Waals surface area contributed by atoms with Crippen LogP contribution in [-0.4, -0.2) is 49.3 Å². The monoisotopic (exact) mass is 314 g/mol. The van der Waals surface area contributed by atoms with Crippen LogP contribution in [0.2, 0.25) is 0 Å². The Kier molecular flexibility index (Phi) is 5.52. The SMILES string of the molecule is Cc1ccc(/C=C/C(C2NC2CC(C)C)N2CCOCC2)cc1. The van der Waals surface area contributed by atoms with Crippen LogP contribution in [0.3, 0.4) is 0 Å². The van der Waals surface area contributed by atoms with Crippen LogP contribution < -0.4 is 5.32 Å². The molecule has 1 aromatic rings. The van der Waals surface area contributed by atoms with Crippen molar-refractivity contribution in [2.45, 2.75) is 45.3 Å². The second-order valence-corrected chi connectivity index (χ2v) is 7.34. The number of nitrogens with zero attached hydrogens (tertiary/aromatic N) is 1. The smallest absolute Gasteiger partial charge is 0.0594 e. The van der Waals surface area contributed by atoms with E-state index in [0.29, 0.717) is 18.1 Å². The molecule has 0 aliphatic carbocycles. The Morgan fingerprint density at radius 2 is 1.91 bits per heavy atom. The number of morpholine rings is 1. The summed E-state index contributed by atoms with van der Waals surface area (Å²) in [6.45, 7) is 10.5. The summed E-state index contributed by atoms with van der Waals surface area (Å²) in [4.78, 5) is 2.58. The van der Waals surface area contributed by atoms with Gasteiger partial charge in [-0.15, -0.1) is 0 Å². The molecule has 3 rings (SSSR count). The Bertz CT molecular complexity index is 517. The summed E-state index contributed by atoms with van der Waals surface area (Å²) in [5.41, 5.74) is 2.60. The van der Waals surface area contributed by atoms with Gasteiger partial charge in [0.15, 0.2) is 0 Å². The number of hydrogen-bond acceptors (Lipinski definition) is 3. The maximum atomic E-state index is 5.53. The van der Waals surface area contributed by atoms with Crippen LogP contribution in [0.4, 0.5) is 0 Å². The average Bonchev–Trinajstić information content (AvgIpc) is 3.28. The van der Waals surface area contributed by atoms with Gasteiger partial charge in [0.1, 0.15) is 0 Å². The molecular weight excluding hydrogens is 284 g/mol. The van der Waals surface area contributed by atoms with Gasteiger partial charge in [-0.2, -0.15) is 0 Å². The fourth-order valence-corrected chi connectivity index (χ4v) is 3.48. The van der Waals surface area contributed by atoms with Crippen molar-refractivity contribution in [3.8, 4) is 0 Å². The molecule has 2 aliphatic heterocycles. The Hall–Kier alpha value is -1.16. The molecule has 2 saturated heterocycles. The summed E-state index contributed by atoms with van der Waals surface area (Å²) < 4.78 is 5.53. The normalized spacial score (nSPS) is 26.8.